The molecule has 6 rings (SSSR count). The minimum atomic E-state index is -0.115. The molecule has 0 saturated carbocycles. The van der Waals surface area contributed by atoms with Crippen LogP contribution in [-0.4, -0.2) is 0 Å². The molecule has 3 aromatic heterocycles. The van der Waals surface area contributed by atoms with Crippen molar-refractivity contribution in [3.8, 4) is 0 Å². The summed E-state index contributed by atoms with van der Waals surface area (Å²) in [6.45, 7) is 14.2. The molecule has 0 aliphatic rings. The first-order valence-electron chi connectivity index (χ1n) is 13.0. The van der Waals surface area contributed by atoms with E-state index in [1.807, 2.05) is 22.7 Å². The fourth-order valence-corrected chi connectivity index (χ4v) is 8.21. The molecule has 37 heavy (non-hydrogen) atoms. The lowest BCUT2D eigenvalue weighted by Gasteiger charge is -2.41. The number of thiophene rings is 2. The van der Waals surface area contributed by atoms with E-state index in [0.29, 0.717) is 0 Å². The van der Waals surface area contributed by atoms with Gasteiger partial charge in [0.05, 0.1) is 6.26 Å². The van der Waals surface area contributed by atoms with Gasteiger partial charge in [-0.25, -0.2) is 0 Å². The normalized spacial score (nSPS) is 13.2. The van der Waals surface area contributed by atoms with Crippen molar-refractivity contribution in [1.82, 2.24) is 0 Å². The Labute approximate surface area is 227 Å². The molecule has 0 radical (unpaired) electrons. The average molecular weight is 523 g/mol. The first kappa shape index (κ1) is 24.5. The summed E-state index contributed by atoms with van der Waals surface area (Å²) in [4.78, 5) is 1.41. The summed E-state index contributed by atoms with van der Waals surface area (Å²) in [7, 11) is 0. The summed E-state index contributed by atoms with van der Waals surface area (Å²) in [5.41, 5.74) is 5.00. The van der Waals surface area contributed by atoms with Crippen LogP contribution in [0.3, 0.4) is 0 Å². The van der Waals surface area contributed by atoms with E-state index in [4.69, 9.17) is 4.42 Å². The van der Waals surface area contributed by atoms with Crippen LogP contribution in [0.15, 0.2) is 88.9 Å². The van der Waals surface area contributed by atoms with Gasteiger partial charge in [-0.2, -0.15) is 0 Å². The molecule has 3 aromatic carbocycles. The molecule has 0 bridgehead atoms. The Morgan fingerprint density at radius 2 is 1.51 bits per heavy atom. The highest BCUT2D eigenvalue weighted by Crippen LogP contribution is 2.49. The fourth-order valence-electron chi connectivity index (χ4n) is 5.75. The van der Waals surface area contributed by atoms with Crippen LogP contribution in [0.2, 0.25) is 0 Å². The minimum absolute atomic E-state index is 0.0646. The van der Waals surface area contributed by atoms with Crippen LogP contribution in [0.4, 0.5) is 0 Å². The van der Waals surface area contributed by atoms with E-state index in [1.54, 1.807) is 6.26 Å². The lowest BCUT2D eigenvalue weighted by molar-refractivity contribution is 0.308. The zero-order valence-corrected chi connectivity index (χ0v) is 24.1. The van der Waals surface area contributed by atoms with E-state index >= 15 is 0 Å². The van der Waals surface area contributed by atoms with Crippen LogP contribution in [0.5, 0.6) is 0 Å². The fraction of sp³-hybridized carbons (Fsp3) is 0.294. The Bertz CT molecular complexity index is 1740. The molecule has 0 amide bonds. The van der Waals surface area contributed by atoms with Gasteiger partial charge in [0.2, 0.25) is 0 Å². The highest BCUT2D eigenvalue weighted by Gasteiger charge is 2.42. The Morgan fingerprint density at radius 3 is 2.35 bits per heavy atom. The van der Waals surface area contributed by atoms with Gasteiger partial charge in [0, 0.05) is 36.1 Å². The molecule has 1 nitrogen and oxygen atoms in total. The predicted octanol–water partition coefficient (Wildman–Crippen LogP) is 10.6. The largest absolute Gasteiger partial charge is 0.464 e. The molecular formula is C34H34OS2. The quantitative estimate of drug-likeness (QED) is 0.212. The zero-order chi connectivity index (χ0) is 26.0. The smallest absolute Gasteiger partial charge is 0.137 e. The summed E-state index contributed by atoms with van der Waals surface area (Å²) in [5, 5.41) is 6.27. The lowest BCUT2D eigenvalue weighted by Crippen LogP contribution is -2.39. The molecular weight excluding hydrogens is 489 g/mol. The number of hydrogen-bond donors (Lipinski definition) is 0. The number of hydrogen-bond acceptors (Lipinski definition) is 3. The third kappa shape index (κ3) is 3.95. The van der Waals surface area contributed by atoms with Crippen molar-refractivity contribution in [3.05, 3.63) is 106 Å². The van der Waals surface area contributed by atoms with Gasteiger partial charge in [-0.05, 0) is 63.4 Å². The first-order chi connectivity index (χ1) is 17.6. The molecule has 3 heteroatoms. The summed E-state index contributed by atoms with van der Waals surface area (Å²) >= 11 is 3.79. The zero-order valence-electron chi connectivity index (χ0n) is 22.5. The highest BCUT2D eigenvalue weighted by atomic mass is 32.1. The van der Waals surface area contributed by atoms with E-state index in [9.17, 15) is 0 Å². The van der Waals surface area contributed by atoms with Crippen LogP contribution in [0.1, 0.15) is 63.1 Å². The van der Waals surface area contributed by atoms with Gasteiger partial charge in [-0.3, -0.25) is 0 Å². The Hall–Kier alpha value is -2.88. The van der Waals surface area contributed by atoms with Crippen LogP contribution >= 0.6 is 22.7 Å². The highest BCUT2D eigenvalue weighted by molar-refractivity contribution is 7.19. The van der Waals surface area contributed by atoms with Crippen molar-refractivity contribution in [2.45, 2.75) is 64.2 Å². The van der Waals surface area contributed by atoms with Gasteiger partial charge < -0.3 is 4.42 Å². The molecule has 0 unspecified atom stereocenters. The third-order valence-corrected chi connectivity index (χ3v) is 11.2. The number of fused-ring (bicyclic) bond motifs is 3. The second-order valence-electron chi connectivity index (χ2n) is 12.1. The van der Waals surface area contributed by atoms with Gasteiger partial charge in [-0.1, -0.05) is 90.1 Å². The van der Waals surface area contributed by atoms with Gasteiger partial charge in [-0.15, -0.1) is 22.7 Å². The maximum atomic E-state index is 5.95. The van der Waals surface area contributed by atoms with Crippen molar-refractivity contribution in [1.29, 1.82) is 0 Å². The topological polar surface area (TPSA) is 13.1 Å². The first-order valence-corrected chi connectivity index (χ1v) is 14.7. The van der Waals surface area contributed by atoms with Crippen molar-refractivity contribution in [2.75, 3.05) is 0 Å². The molecule has 3 heterocycles. The van der Waals surface area contributed by atoms with Crippen LogP contribution in [0, 0.1) is 0 Å². The third-order valence-electron chi connectivity index (χ3n) is 8.77. The van der Waals surface area contributed by atoms with Gasteiger partial charge in [0.15, 0.2) is 0 Å². The number of rotatable bonds is 6. The molecule has 0 saturated heterocycles. The lowest BCUT2D eigenvalue weighted by atomic mass is 9.63. The van der Waals surface area contributed by atoms with Crippen LogP contribution in [0.25, 0.3) is 31.1 Å². The van der Waals surface area contributed by atoms with Crippen molar-refractivity contribution < 1.29 is 4.42 Å². The molecule has 0 aliphatic heterocycles. The Kier molecular flexibility index (Phi) is 5.67. The van der Waals surface area contributed by atoms with Gasteiger partial charge >= 0.3 is 0 Å². The van der Waals surface area contributed by atoms with Crippen molar-refractivity contribution in [2.24, 2.45) is 0 Å². The van der Waals surface area contributed by atoms with Crippen molar-refractivity contribution in [3.63, 3.8) is 0 Å². The van der Waals surface area contributed by atoms with E-state index in [-0.39, 0.29) is 16.2 Å². The summed E-state index contributed by atoms with van der Waals surface area (Å²) in [6.07, 6.45) is 2.82. The van der Waals surface area contributed by atoms with E-state index in [2.05, 4.69) is 120 Å². The number of benzene rings is 3. The molecule has 0 spiro atoms. The van der Waals surface area contributed by atoms with Crippen LogP contribution < -0.4 is 0 Å². The van der Waals surface area contributed by atoms with Gasteiger partial charge in [0.25, 0.3) is 0 Å². The minimum Gasteiger partial charge on any atom is -0.464 e. The standard InChI is InChI=1S/C34H34OS2/c1-32(2,27-21-36-29-13-8-7-11-25(27)29)20-22-14-15-28-24(18-22)19-30(37-28)34(5,6)33(3,4)26-12-9-10-23-16-17-35-31(23)26/h7-19,21H,20H2,1-6H3. The maximum Gasteiger partial charge on any atom is 0.137 e. The monoisotopic (exact) mass is 522 g/mol. The summed E-state index contributed by atoms with van der Waals surface area (Å²) < 4.78 is 8.68. The summed E-state index contributed by atoms with van der Waals surface area (Å²) in [5.74, 6) is 0. The van der Waals surface area contributed by atoms with Crippen LogP contribution in [-0.2, 0) is 22.7 Å². The van der Waals surface area contributed by atoms with E-state index < -0.39 is 0 Å². The Morgan fingerprint density at radius 1 is 0.703 bits per heavy atom. The van der Waals surface area contributed by atoms with E-state index in [0.717, 1.165) is 12.0 Å². The molecule has 0 fully saturated rings. The predicted molar refractivity (Wildman–Crippen MR) is 163 cm³/mol. The number of para-hydroxylation sites is 1. The molecule has 0 atom stereocenters. The summed E-state index contributed by atoms with van der Waals surface area (Å²) in [6, 6.07) is 26.9. The molecule has 6 aromatic rings. The maximum absolute atomic E-state index is 5.95. The van der Waals surface area contributed by atoms with Gasteiger partial charge in [0.1, 0.15) is 5.58 Å². The molecule has 0 N–H and O–H groups in total. The molecule has 188 valence electrons. The van der Waals surface area contributed by atoms with E-state index in [1.165, 1.54) is 47.1 Å². The SMILES string of the molecule is CC(C)(Cc1ccc2sc(C(C)(C)C(C)(C)c3cccc4ccoc34)cc2c1)c1csc2ccccc12. The molecule has 0 aliphatic carbocycles. The van der Waals surface area contributed by atoms with Crippen molar-refractivity contribution >= 4 is 53.8 Å². The second-order valence-corrected chi connectivity index (χ2v) is 14.1. The number of furan rings is 1. The average Bonchev–Trinajstić information content (AvgIpc) is 3.60. The Balaban J connectivity index is 1.34. The second kappa shape index (κ2) is 8.58.